The monoisotopic (exact) mass is 536 g/mol. The molecule has 8 heteroatoms. The average Bonchev–Trinajstić information content (AvgIpc) is 3.53. The van der Waals surface area contributed by atoms with Crippen LogP contribution in [0.15, 0.2) is 59.8 Å². The fraction of sp³-hybridized carbons (Fsp3) is 0.500. The van der Waals surface area contributed by atoms with Gasteiger partial charge in [0.15, 0.2) is 9.84 Å². The van der Waals surface area contributed by atoms with E-state index in [9.17, 15) is 13.2 Å². The Bertz CT molecular complexity index is 1360. The molecule has 38 heavy (non-hydrogen) atoms. The molecule has 1 aliphatic heterocycles. The van der Waals surface area contributed by atoms with Crippen molar-refractivity contribution in [2.75, 3.05) is 18.8 Å². The van der Waals surface area contributed by atoms with E-state index in [4.69, 9.17) is 5.10 Å². The Labute approximate surface area is 227 Å². The van der Waals surface area contributed by atoms with Crippen molar-refractivity contribution >= 4 is 15.7 Å². The number of sulfone groups is 1. The number of hydrogen-bond acceptors (Lipinski definition) is 5. The van der Waals surface area contributed by atoms with Crippen LogP contribution in [0.5, 0.6) is 0 Å². The third kappa shape index (κ3) is 6.01. The Balaban J connectivity index is 1.56. The lowest BCUT2D eigenvalue weighted by Gasteiger charge is -2.23. The van der Waals surface area contributed by atoms with Crippen molar-refractivity contribution in [2.24, 2.45) is 0 Å². The van der Waals surface area contributed by atoms with Gasteiger partial charge in [-0.25, -0.2) is 8.42 Å². The third-order valence-corrected chi connectivity index (χ3v) is 9.15. The first-order chi connectivity index (χ1) is 17.9. The van der Waals surface area contributed by atoms with Crippen LogP contribution in [0.2, 0.25) is 0 Å². The molecule has 1 amide bonds. The third-order valence-electron chi connectivity index (χ3n) is 7.43. The first kappa shape index (κ1) is 28.0. The minimum Gasteiger partial charge on any atom is -0.341 e. The van der Waals surface area contributed by atoms with Crippen LogP contribution in [0.4, 0.5) is 0 Å². The van der Waals surface area contributed by atoms with Gasteiger partial charge >= 0.3 is 0 Å². The fourth-order valence-electron chi connectivity index (χ4n) is 5.19. The van der Waals surface area contributed by atoms with Gasteiger partial charge in [-0.1, -0.05) is 58.0 Å². The van der Waals surface area contributed by atoms with Crippen LogP contribution in [0.1, 0.15) is 88.4 Å². The van der Waals surface area contributed by atoms with Gasteiger partial charge < -0.3 is 4.90 Å². The number of benzene rings is 1. The Morgan fingerprint density at radius 2 is 1.74 bits per heavy atom. The Morgan fingerprint density at radius 3 is 2.32 bits per heavy atom. The van der Waals surface area contributed by atoms with Crippen molar-refractivity contribution in [3.8, 4) is 0 Å². The van der Waals surface area contributed by atoms with E-state index in [0.717, 1.165) is 11.4 Å². The zero-order valence-electron chi connectivity index (χ0n) is 23.4. The first-order valence-electron chi connectivity index (χ1n) is 13.5. The van der Waals surface area contributed by atoms with Crippen molar-refractivity contribution in [1.82, 2.24) is 19.7 Å². The standard InChI is InChI=1S/C30H40N4O3S/c1-7-38(36,37)24-15-13-23(31-17-24)14-16-28(35)33-18-25(22-11-9-8-10-12-22)26(19-33)27-20-34(21(2)3)32-29(27)30(4,5)6/h8-13,15,17,20-21,25-26H,7,14,16,18-19H2,1-6H3. The SMILES string of the molecule is CCS(=O)(=O)c1ccc(CCC(=O)N2CC(c3ccccc3)C(c3cn(C(C)C)nc3C(C)(C)C)C2)nc1. The normalized spacial score (nSPS) is 18.3. The van der Waals surface area contributed by atoms with Gasteiger partial charge in [-0.05, 0) is 43.5 Å². The summed E-state index contributed by atoms with van der Waals surface area (Å²) >= 11 is 0. The maximum Gasteiger partial charge on any atom is 0.222 e. The van der Waals surface area contributed by atoms with Gasteiger partial charge in [0.25, 0.3) is 0 Å². The second-order valence-electron chi connectivity index (χ2n) is 11.6. The van der Waals surface area contributed by atoms with E-state index < -0.39 is 9.84 Å². The van der Waals surface area contributed by atoms with Crippen LogP contribution >= 0.6 is 0 Å². The molecule has 0 N–H and O–H groups in total. The van der Waals surface area contributed by atoms with E-state index in [0.29, 0.717) is 25.9 Å². The summed E-state index contributed by atoms with van der Waals surface area (Å²) in [7, 11) is -3.29. The highest BCUT2D eigenvalue weighted by Crippen LogP contribution is 2.43. The molecule has 1 aromatic carbocycles. The average molecular weight is 537 g/mol. The van der Waals surface area contributed by atoms with E-state index in [1.165, 1.54) is 17.3 Å². The molecule has 3 aromatic rings. The van der Waals surface area contributed by atoms with Gasteiger partial charge in [0.05, 0.1) is 16.3 Å². The molecule has 2 aromatic heterocycles. The van der Waals surface area contributed by atoms with Crippen LogP contribution in [0.25, 0.3) is 0 Å². The zero-order valence-corrected chi connectivity index (χ0v) is 24.2. The molecule has 1 saturated heterocycles. The predicted octanol–water partition coefficient (Wildman–Crippen LogP) is 5.29. The highest BCUT2D eigenvalue weighted by atomic mass is 32.2. The lowest BCUT2D eigenvalue weighted by atomic mass is 9.79. The summed E-state index contributed by atoms with van der Waals surface area (Å²) in [6.07, 6.45) is 4.39. The topological polar surface area (TPSA) is 85.2 Å². The molecule has 0 spiro atoms. The van der Waals surface area contributed by atoms with Gasteiger partial charge in [0.2, 0.25) is 5.91 Å². The molecule has 2 atom stereocenters. The van der Waals surface area contributed by atoms with Crippen LogP contribution in [-0.2, 0) is 26.5 Å². The van der Waals surface area contributed by atoms with Gasteiger partial charge in [0, 0.05) is 60.9 Å². The smallest absolute Gasteiger partial charge is 0.222 e. The van der Waals surface area contributed by atoms with Crippen molar-refractivity contribution in [2.45, 2.75) is 82.6 Å². The van der Waals surface area contributed by atoms with E-state index in [-0.39, 0.29) is 39.8 Å². The van der Waals surface area contributed by atoms with Crippen LogP contribution < -0.4 is 0 Å². The number of aryl methyl sites for hydroxylation is 1. The molecule has 3 heterocycles. The maximum absolute atomic E-state index is 13.4. The Morgan fingerprint density at radius 1 is 1.05 bits per heavy atom. The number of likely N-dealkylation sites (tertiary alicyclic amines) is 1. The number of carbonyl (C=O) groups excluding carboxylic acids is 1. The van der Waals surface area contributed by atoms with E-state index >= 15 is 0 Å². The number of aromatic nitrogens is 3. The summed E-state index contributed by atoms with van der Waals surface area (Å²) in [6.45, 7) is 13.8. The Hall–Kier alpha value is -3.00. The molecular formula is C30H40N4O3S. The molecule has 0 bridgehead atoms. The van der Waals surface area contributed by atoms with Gasteiger partial charge in [-0.3, -0.25) is 14.5 Å². The second-order valence-corrected chi connectivity index (χ2v) is 13.8. The molecule has 4 rings (SSSR count). The highest BCUT2D eigenvalue weighted by Gasteiger charge is 2.40. The fourth-order valence-corrected chi connectivity index (χ4v) is 6.01. The second kappa shape index (κ2) is 11.0. The van der Waals surface area contributed by atoms with Crippen LogP contribution in [-0.4, -0.2) is 52.8 Å². The molecule has 0 aliphatic carbocycles. The quantitative estimate of drug-likeness (QED) is 0.390. The number of pyridine rings is 1. The minimum absolute atomic E-state index is 0.0399. The van der Waals surface area contributed by atoms with Crippen LogP contribution in [0, 0.1) is 0 Å². The first-order valence-corrected chi connectivity index (χ1v) is 15.2. The summed E-state index contributed by atoms with van der Waals surface area (Å²) in [5.74, 6) is 0.467. The number of amides is 1. The lowest BCUT2D eigenvalue weighted by molar-refractivity contribution is -0.130. The molecule has 0 saturated carbocycles. The summed E-state index contributed by atoms with van der Waals surface area (Å²) in [4.78, 5) is 19.9. The van der Waals surface area contributed by atoms with Crippen molar-refractivity contribution < 1.29 is 13.2 Å². The number of rotatable bonds is 8. The number of carbonyl (C=O) groups is 1. The largest absolute Gasteiger partial charge is 0.341 e. The molecule has 1 fully saturated rings. The summed E-state index contributed by atoms with van der Waals surface area (Å²) < 4.78 is 26.2. The van der Waals surface area contributed by atoms with E-state index in [2.05, 4.69) is 74.7 Å². The molecule has 204 valence electrons. The molecule has 2 unspecified atom stereocenters. The number of nitrogens with zero attached hydrogens (tertiary/aromatic N) is 4. The van der Waals surface area contributed by atoms with Gasteiger partial charge in [-0.15, -0.1) is 0 Å². The van der Waals surface area contributed by atoms with Crippen molar-refractivity contribution in [3.05, 3.63) is 77.4 Å². The van der Waals surface area contributed by atoms with Crippen molar-refractivity contribution in [3.63, 3.8) is 0 Å². The van der Waals surface area contributed by atoms with E-state index in [1.807, 2.05) is 11.0 Å². The molecule has 1 aliphatic rings. The number of hydrogen-bond donors (Lipinski definition) is 0. The summed E-state index contributed by atoms with van der Waals surface area (Å²) in [6, 6.07) is 14.0. The molecule has 7 nitrogen and oxygen atoms in total. The minimum atomic E-state index is -3.29. The lowest BCUT2D eigenvalue weighted by Crippen LogP contribution is -2.29. The van der Waals surface area contributed by atoms with Crippen molar-refractivity contribution in [1.29, 1.82) is 0 Å². The Kier molecular flexibility index (Phi) is 8.12. The van der Waals surface area contributed by atoms with E-state index in [1.54, 1.807) is 19.1 Å². The predicted molar refractivity (Wildman–Crippen MR) is 150 cm³/mol. The molecule has 0 radical (unpaired) electrons. The van der Waals surface area contributed by atoms with Gasteiger partial charge in [0.1, 0.15) is 0 Å². The van der Waals surface area contributed by atoms with Crippen LogP contribution in [0.3, 0.4) is 0 Å². The summed E-state index contributed by atoms with van der Waals surface area (Å²) in [5.41, 5.74) is 4.16. The molecular weight excluding hydrogens is 496 g/mol. The highest BCUT2D eigenvalue weighted by molar-refractivity contribution is 7.91. The summed E-state index contributed by atoms with van der Waals surface area (Å²) in [5, 5.41) is 4.99. The maximum atomic E-state index is 13.4. The zero-order chi connectivity index (χ0) is 27.7. The van der Waals surface area contributed by atoms with Gasteiger partial charge in [-0.2, -0.15) is 5.10 Å².